The highest BCUT2D eigenvalue weighted by molar-refractivity contribution is 7.85. The van der Waals surface area contributed by atoms with Crippen molar-refractivity contribution in [1.82, 2.24) is 5.32 Å². The van der Waals surface area contributed by atoms with E-state index in [1.165, 1.54) is 12.1 Å². The second kappa shape index (κ2) is 6.49. The number of hydrogen-bond acceptors (Lipinski definition) is 4. The second-order valence-corrected chi connectivity index (χ2v) is 5.66. The molecule has 1 aromatic rings. The van der Waals surface area contributed by atoms with E-state index in [2.05, 4.69) is 0 Å². The Labute approximate surface area is 116 Å². The summed E-state index contributed by atoms with van der Waals surface area (Å²) < 4.78 is 30.0. The second-order valence-electron chi connectivity index (χ2n) is 4.16. The fourth-order valence-corrected chi connectivity index (χ4v) is 2.17. The van der Waals surface area contributed by atoms with Crippen LogP contribution in [0.4, 0.5) is 0 Å². The Kier molecular flexibility index (Phi) is 5.23. The zero-order valence-electron chi connectivity index (χ0n) is 10.7. The van der Waals surface area contributed by atoms with Crippen molar-refractivity contribution in [3.63, 3.8) is 0 Å². The normalized spacial score (nSPS) is 12.7. The zero-order valence-corrected chi connectivity index (χ0v) is 11.6. The topological polar surface area (TPSA) is 121 Å². The maximum absolute atomic E-state index is 11.8. The number of hydrogen-bond donors (Lipinski definition) is 3. The predicted octanol–water partition coefficient (Wildman–Crippen LogP) is 0.320. The minimum atomic E-state index is -4.50. The number of aryl methyl sites for hydroxylation is 1. The summed E-state index contributed by atoms with van der Waals surface area (Å²) in [6.07, 6.45) is 0.794. The Morgan fingerprint density at radius 2 is 1.80 bits per heavy atom. The van der Waals surface area contributed by atoms with Crippen molar-refractivity contribution in [3.8, 4) is 0 Å². The van der Waals surface area contributed by atoms with E-state index in [9.17, 15) is 18.0 Å². The highest BCUT2D eigenvalue weighted by Crippen LogP contribution is 2.05. The van der Waals surface area contributed by atoms with Gasteiger partial charge in [0.05, 0.1) is 0 Å². The van der Waals surface area contributed by atoms with Gasteiger partial charge in [0.15, 0.2) is 0 Å². The van der Waals surface area contributed by atoms with Crippen molar-refractivity contribution in [1.29, 1.82) is 0 Å². The lowest BCUT2D eigenvalue weighted by Gasteiger charge is -2.13. The van der Waals surface area contributed by atoms with Gasteiger partial charge < -0.3 is 10.4 Å². The van der Waals surface area contributed by atoms with E-state index < -0.39 is 33.8 Å². The third kappa shape index (κ3) is 4.98. The average molecular weight is 301 g/mol. The molecule has 110 valence electrons. The molecule has 0 aliphatic rings. The maximum atomic E-state index is 11.8. The van der Waals surface area contributed by atoms with Gasteiger partial charge in [0, 0.05) is 5.56 Å². The van der Waals surface area contributed by atoms with Gasteiger partial charge in [-0.05, 0) is 24.1 Å². The summed E-state index contributed by atoms with van der Waals surface area (Å²) >= 11 is 0. The molecule has 20 heavy (non-hydrogen) atoms. The fraction of sp³-hybridized carbons (Fsp3) is 0.333. The molecule has 0 heterocycles. The zero-order chi connectivity index (χ0) is 15.3. The standard InChI is InChI=1S/C12H15NO6S/c1-2-8-3-5-9(6-4-8)11(14)13-10(12(15)16)7-20(17,18)19/h3-6,10H,2,7H2,1H3,(H,13,14)(H,15,16)(H,17,18,19). The van der Waals surface area contributed by atoms with E-state index in [0.29, 0.717) is 0 Å². The summed E-state index contributed by atoms with van der Waals surface area (Å²) in [7, 11) is -4.50. The van der Waals surface area contributed by atoms with Gasteiger partial charge in [-0.3, -0.25) is 9.35 Å². The Morgan fingerprint density at radius 1 is 1.25 bits per heavy atom. The first-order valence-corrected chi connectivity index (χ1v) is 7.41. The highest BCUT2D eigenvalue weighted by Gasteiger charge is 2.26. The maximum Gasteiger partial charge on any atom is 0.327 e. The lowest BCUT2D eigenvalue weighted by atomic mass is 10.1. The molecule has 7 nitrogen and oxygen atoms in total. The molecule has 0 aliphatic heterocycles. The number of carboxylic acid groups (broad SMARTS) is 1. The van der Waals surface area contributed by atoms with Crippen LogP contribution in [0, 0.1) is 0 Å². The number of amides is 1. The monoisotopic (exact) mass is 301 g/mol. The summed E-state index contributed by atoms with van der Waals surface area (Å²) in [6, 6.07) is 4.76. The van der Waals surface area contributed by atoms with Crippen LogP contribution in [0.3, 0.4) is 0 Å². The van der Waals surface area contributed by atoms with Gasteiger partial charge in [-0.1, -0.05) is 19.1 Å². The summed E-state index contributed by atoms with van der Waals surface area (Å²) in [4.78, 5) is 22.6. The Bertz CT molecular complexity index is 593. The molecule has 1 amide bonds. The van der Waals surface area contributed by atoms with Crippen LogP contribution in [0.5, 0.6) is 0 Å². The minimum absolute atomic E-state index is 0.212. The third-order valence-corrected chi connectivity index (χ3v) is 3.36. The molecule has 0 aromatic heterocycles. The van der Waals surface area contributed by atoms with Crippen LogP contribution >= 0.6 is 0 Å². The number of carbonyl (C=O) groups excluding carboxylic acids is 1. The quantitative estimate of drug-likeness (QED) is 0.651. The van der Waals surface area contributed by atoms with E-state index in [1.54, 1.807) is 12.1 Å². The van der Waals surface area contributed by atoms with Gasteiger partial charge in [-0.2, -0.15) is 8.42 Å². The smallest absolute Gasteiger partial charge is 0.327 e. The number of carboxylic acids is 1. The summed E-state index contributed by atoms with van der Waals surface area (Å²) in [6.45, 7) is 1.95. The SMILES string of the molecule is CCc1ccc(C(=O)NC(CS(=O)(=O)O)C(=O)O)cc1. The van der Waals surface area contributed by atoms with Crippen LogP contribution in [-0.4, -0.2) is 41.7 Å². The van der Waals surface area contributed by atoms with Crippen LogP contribution in [0.2, 0.25) is 0 Å². The first-order chi connectivity index (χ1) is 9.23. The van der Waals surface area contributed by atoms with Crippen molar-refractivity contribution in [3.05, 3.63) is 35.4 Å². The molecular weight excluding hydrogens is 286 g/mol. The summed E-state index contributed by atoms with van der Waals surface area (Å²) in [5, 5.41) is 10.9. The lowest BCUT2D eigenvalue weighted by molar-refractivity contribution is -0.138. The van der Waals surface area contributed by atoms with Gasteiger partial charge in [0.1, 0.15) is 11.8 Å². The van der Waals surface area contributed by atoms with E-state index in [1.807, 2.05) is 12.2 Å². The summed E-state index contributed by atoms with van der Waals surface area (Å²) in [5.74, 6) is -3.34. The molecule has 1 aromatic carbocycles. The number of aliphatic carboxylic acids is 1. The molecule has 0 saturated carbocycles. The molecule has 1 rings (SSSR count). The Hall–Kier alpha value is -1.93. The Morgan fingerprint density at radius 3 is 2.20 bits per heavy atom. The lowest BCUT2D eigenvalue weighted by Crippen LogP contribution is -2.45. The van der Waals surface area contributed by atoms with Crippen LogP contribution in [0.25, 0.3) is 0 Å². The van der Waals surface area contributed by atoms with Crippen molar-refractivity contribution in [2.75, 3.05) is 5.75 Å². The number of carbonyl (C=O) groups is 2. The third-order valence-electron chi connectivity index (χ3n) is 2.61. The van der Waals surface area contributed by atoms with Crippen molar-refractivity contribution >= 4 is 22.0 Å². The molecule has 8 heteroatoms. The van der Waals surface area contributed by atoms with Gasteiger partial charge in [0.25, 0.3) is 16.0 Å². The molecule has 0 bridgehead atoms. The molecule has 0 aliphatic carbocycles. The predicted molar refractivity (Wildman–Crippen MR) is 71.1 cm³/mol. The highest BCUT2D eigenvalue weighted by atomic mass is 32.2. The van der Waals surface area contributed by atoms with Crippen molar-refractivity contribution in [2.45, 2.75) is 19.4 Å². The molecule has 0 fully saturated rings. The molecule has 0 radical (unpaired) electrons. The van der Waals surface area contributed by atoms with Crippen LogP contribution in [0.1, 0.15) is 22.8 Å². The molecule has 1 atom stereocenters. The Balaban J connectivity index is 2.82. The van der Waals surface area contributed by atoms with E-state index in [0.717, 1.165) is 12.0 Å². The minimum Gasteiger partial charge on any atom is -0.480 e. The molecular formula is C12H15NO6S. The summed E-state index contributed by atoms with van der Waals surface area (Å²) in [5.41, 5.74) is 1.22. The van der Waals surface area contributed by atoms with Crippen LogP contribution < -0.4 is 5.32 Å². The first kappa shape index (κ1) is 16.1. The van der Waals surface area contributed by atoms with Gasteiger partial charge in [-0.25, -0.2) is 4.79 Å². The van der Waals surface area contributed by atoms with Gasteiger partial charge >= 0.3 is 5.97 Å². The van der Waals surface area contributed by atoms with Crippen molar-refractivity contribution < 1.29 is 27.7 Å². The van der Waals surface area contributed by atoms with Gasteiger partial charge in [0.2, 0.25) is 0 Å². The number of rotatable bonds is 6. The molecule has 0 saturated heterocycles. The average Bonchev–Trinajstić information content (AvgIpc) is 2.36. The molecule has 1 unspecified atom stereocenters. The number of nitrogens with one attached hydrogen (secondary N) is 1. The van der Waals surface area contributed by atoms with Crippen molar-refractivity contribution in [2.24, 2.45) is 0 Å². The van der Waals surface area contributed by atoms with E-state index in [-0.39, 0.29) is 5.56 Å². The van der Waals surface area contributed by atoms with Crippen LogP contribution in [-0.2, 0) is 21.3 Å². The largest absolute Gasteiger partial charge is 0.480 e. The van der Waals surface area contributed by atoms with Crippen LogP contribution in [0.15, 0.2) is 24.3 Å². The molecule has 0 spiro atoms. The van der Waals surface area contributed by atoms with Gasteiger partial charge in [-0.15, -0.1) is 0 Å². The van der Waals surface area contributed by atoms with E-state index in [4.69, 9.17) is 9.66 Å². The first-order valence-electron chi connectivity index (χ1n) is 5.80. The number of benzene rings is 1. The fourth-order valence-electron chi connectivity index (χ4n) is 1.52. The van der Waals surface area contributed by atoms with E-state index >= 15 is 0 Å². The molecule has 3 N–H and O–H groups in total.